The molecule has 2 aromatic rings. The predicted molar refractivity (Wildman–Crippen MR) is 88.8 cm³/mol. The molecule has 5 nitrogen and oxygen atoms in total. The summed E-state index contributed by atoms with van der Waals surface area (Å²) in [6.07, 6.45) is 3.78. The Morgan fingerprint density at radius 3 is 2.50 bits per heavy atom. The predicted octanol–water partition coefficient (Wildman–Crippen LogP) is 3.61. The summed E-state index contributed by atoms with van der Waals surface area (Å²) in [5.41, 5.74) is 2.50. The van der Waals surface area contributed by atoms with E-state index in [1.165, 1.54) is 24.9 Å². The molecule has 0 spiro atoms. The Bertz CT molecular complexity index is 659. The normalized spacial score (nSPS) is 14.9. The van der Waals surface area contributed by atoms with Crippen molar-refractivity contribution in [2.45, 2.75) is 26.2 Å². The molecule has 1 aliphatic heterocycles. The van der Waals surface area contributed by atoms with E-state index < -0.39 is 0 Å². The number of benzene rings is 1. The van der Waals surface area contributed by atoms with Gasteiger partial charge in [0.2, 0.25) is 0 Å². The Kier molecular flexibility index (Phi) is 4.34. The Labute approximate surface area is 134 Å². The van der Waals surface area contributed by atoms with Gasteiger partial charge >= 0.3 is 0 Å². The number of piperidine rings is 1. The minimum atomic E-state index is -0.210. The molecule has 3 rings (SSSR count). The van der Waals surface area contributed by atoms with Crippen LogP contribution in [0.25, 0.3) is 0 Å². The topological polar surface area (TPSA) is 61.0 Å². The zero-order valence-corrected chi connectivity index (χ0v) is 13.3. The molecule has 0 saturated carbocycles. The van der Waals surface area contributed by atoms with Crippen LogP contribution in [0.5, 0.6) is 0 Å². The first kappa shape index (κ1) is 14.9. The second-order valence-corrected chi connectivity index (χ2v) is 5.94. The van der Waals surface area contributed by atoms with Crippen LogP contribution in [0.3, 0.4) is 0 Å². The van der Waals surface area contributed by atoms with Gasteiger partial charge in [-0.15, -0.1) is 0 Å². The van der Waals surface area contributed by atoms with Crippen LogP contribution in [-0.4, -0.2) is 29.2 Å². The number of amides is 1. The summed E-state index contributed by atoms with van der Waals surface area (Å²) >= 11 is 6.05. The number of carbonyl (C=O) groups excluding carboxylic acids is 1. The lowest BCUT2D eigenvalue weighted by molar-refractivity contribution is 0.102. The maximum atomic E-state index is 12.2. The van der Waals surface area contributed by atoms with Crippen molar-refractivity contribution in [1.29, 1.82) is 0 Å². The van der Waals surface area contributed by atoms with Gasteiger partial charge in [0.05, 0.1) is 5.69 Å². The zero-order chi connectivity index (χ0) is 15.5. The van der Waals surface area contributed by atoms with Gasteiger partial charge < -0.3 is 10.2 Å². The van der Waals surface area contributed by atoms with Crippen LogP contribution in [0.2, 0.25) is 5.02 Å². The van der Waals surface area contributed by atoms with Gasteiger partial charge in [-0.05, 0) is 50.5 Å². The summed E-state index contributed by atoms with van der Waals surface area (Å²) in [6.45, 7) is 3.99. The van der Waals surface area contributed by atoms with Gasteiger partial charge in [0.1, 0.15) is 5.02 Å². The molecule has 0 unspecified atom stereocenters. The largest absolute Gasteiger partial charge is 0.372 e. The standard InChI is InChI=1S/C16H19ClN4O/c1-11-14(17)15(20-19-11)18-16(22)12-5-7-13(8-6-12)21-9-3-2-4-10-21/h5-8H,2-4,9-10H2,1H3,(H2,18,19,20,22). The summed E-state index contributed by atoms with van der Waals surface area (Å²) in [4.78, 5) is 14.6. The average Bonchev–Trinajstić information content (AvgIpc) is 2.88. The van der Waals surface area contributed by atoms with Crippen molar-refractivity contribution in [3.05, 3.63) is 40.5 Å². The molecule has 1 aromatic heterocycles. The Morgan fingerprint density at radius 2 is 1.91 bits per heavy atom. The SMILES string of the molecule is Cc1[nH]nc(NC(=O)c2ccc(N3CCCCC3)cc2)c1Cl. The Morgan fingerprint density at radius 1 is 1.23 bits per heavy atom. The molecule has 1 saturated heterocycles. The first-order chi connectivity index (χ1) is 10.6. The molecular weight excluding hydrogens is 300 g/mol. The van der Waals surface area contributed by atoms with E-state index in [1.807, 2.05) is 24.3 Å². The second-order valence-electron chi connectivity index (χ2n) is 5.56. The van der Waals surface area contributed by atoms with Gasteiger partial charge in [0, 0.05) is 24.3 Å². The first-order valence-electron chi connectivity index (χ1n) is 7.52. The van der Waals surface area contributed by atoms with Crippen LogP contribution < -0.4 is 10.2 Å². The summed E-state index contributed by atoms with van der Waals surface area (Å²) in [5.74, 6) is 0.155. The van der Waals surface area contributed by atoms with Crippen LogP contribution in [0, 0.1) is 6.92 Å². The number of rotatable bonds is 3. The molecule has 1 amide bonds. The Hall–Kier alpha value is -2.01. The molecule has 116 valence electrons. The number of hydrogen-bond acceptors (Lipinski definition) is 3. The van der Waals surface area contributed by atoms with Crippen LogP contribution in [0.1, 0.15) is 35.3 Å². The van der Waals surface area contributed by atoms with Crippen LogP contribution in [-0.2, 0) is 0 Å². The van der Waals surface area contributed by atoms with E-state index in [1.54, 1.807) is 6.92 Å². The van der Waals surface area contributed by atoms with Crippen LogP contribution in [0.15, 0.2) is 24.3 Å². The quantitative estimate of drug-likeness (QED) is 0.908. The molecule has 22 heavy (non-hydrogen) atoms. The highest BCUT2D eigenvalue weighted by Crippen LogP contribution is 2.23. The maximum absolute atomic E-state index is 12.2. The smallest absolute Gasteiger partial charge is 0.256 e. The van der Waals surface area contributed by atoms with Crippen molar-refractivity contribution >= 4 is 29.0 Å². The molecule has 2 N–H and O–H groups in total. The van der Waals surface area contributed by atoms with E-state index in [2.05, 4.69) is 20.4 Å². The van der Waals surface area contributed by atoms with Gasteiger partial charge in [-0.2, -0.15) is 5.10 Å². The fourth-order valence-electron chi connectivity index (χ4n) is 2.65. The Balaban J connectivity index is 1.69. The maximum Gasteiger partial charge on any atom is 0.256 e. The highest BCUT2D eigenvalue weighted by Gasteiger charge is 2.14. The van der Waals surface area contributed by atoms with E-state index in [9.17, 15) is 4.79 Å². The first-order valence-corrected chi connectivity index (χ1v) is 7.90. The fourth-order valence-corrected chi connectivity index (χ4v) is 2.79. The zero-order valence-electron chi connectivity index (χ0n) is 12.5. The van der Waals surface area contributed by atoms with Crippen LogP contribution >= 0.6 is 11.6 Å². The summed E-state index contributed by atoms with van der Waals surface area (Å²) in [6, 6.07) is 7.68. The monoisotopic (exact) mass is 318 g/mol. The van der Waals surface area contributed by atoms with Gasteiger partial charge in [0.15, 0.2) is 5.82 Å². The lowest BCUT2D eigenvalue weighted by Gasteiger charge is -2.28. The third kappa shape index (κ3) is 3.09. The third-order valence-corrected chi connectivity index (χ3v) is 4.42. The van der Waals surface area contributed by atoms with E-state index in [0.29, 0.717) is 16.4 Å². The third-order valence-electron chi connectivity index (χ3n) is 3.96. The highest BCUT2D eigenvalue weighted by molar-refractivity contribution is 6.34. The van der Waals surface area contributed by atoms with E-state index in [0.717, 1.165) is 18.8 Å². The van der Waals surface area contributed by atoms with Gasteiger partial charge in [-0.1, -0.05) is 11.6 Å². The number of H-pyrrole nitrogens is 1. The number of aryl methyl sites for hydroxylation is 1. The van der Waals surface area contributed by atoms with Gasteiger partial charge in [-0.3, -0.25) is 9.89 Å². The molecule has 0 atom stereocenters. The molecule has 6 heteroatoms. The van der Waals surface area contributed by atoms with Gasteiger partial charge in [-0.25, -0.2) is 0 Å². The van der Waals surface area contributed by atoms with Gasteiger partial charge in [0.25, 0.3) is 5.91 Å². The molecule has 0 bridgehead atoms. The second kappa shape index (κ2) is 6.40. The summed E-state index contributed by atoms with van der Waals surface area (Å²) < 4.78 is 0. The number of aromatic amines is 1. The van der Waals surface area contributed by atoms with Crippen molar-refractivity contribution in [2.75, 3.05) is 23.3 Å². The molecule has 1 fully saturated rings. The van der Waals surface area contributed by atoms with E-state index in [4.69, 9.17) is 11.6 Å². The number of anilines is 2. The van der Waals surface area contributed by atoms with Crippen molar-refractivity contribution < 1.29 is 4.79 Å². The lowest BCUT2D eigenvalue weighted by atomic mass is 10.1. The van der Waals surface area contributed by atoms with Crippen molar-refractivity contribution in [2.24, 2.45) is 0 Å². The molecule has 0 aliphatic carbocycles. The molecule has 1 aromatic carbocycles. The number of nitrogens with one attached hydrogen (secondary N) is 2. The van der Waals surface area contributed by atoms with E-state index in [-0.39, 0.29) is 5.91 Å². The minimum Gasteiger partial charge on any atom is -0.372 e. The number of carbonyl (C=O) groups is 1. The summed E-state index contributed by atoms with van der Waals surface area (Å²) in [7, 11) is 0. The molecule has 2 heterocycles. The molecule has 1 aliphatic rings. The lowest BCUT2D eigenvalue weighted by Crippen LogP contribution is -2.29. The molecule has 0 radical (unpaired) electrons. The van der Waals surface area contributed by atoms with Crippen molar-refractivity contribution in [3.8, 4) is 0 Å². The number of nitrogens with zero attached hydrogens (tertiary/aromatic N) is 2. The minimum absolute atomic E-state index is 0.210. The highest BCUT2D eigenvalue weighted by atomic mass is 35.5. The number of aromatic nitrogens is 2. The number of halogens is 1. The number of hydrogen-bond donors (Lipinski definition) is 2. The summed E-state index contributed by atoms with van der Waals surface area (Å²) in [5, 5.41) is 9.88. The fraction of sp³-hybridized carbons (Fsp3) is 0.375. The van der Waals surface area contributed by atoms with Crippen LogP contribution in [0.4, 0.5) is 11.5 Å². The van der Waals surface area contributed by atoms with E-state index >= 15 is 0 Å². The average molecular weight is 319 g/mol. The van der Waals surface area contributed by atoms with Crippen molar-refractivity contribution in [1.82, 2.24) is 10.2 Å². The molecular formula is C16H19ClN4O. The van der Waals surface area contributed by atoms with Crippen molar-refractivity contribution in [3.63, 3.8) is 0 Å².